The second kappa shape index (κ2) is 11.2. The highest BCUT2D eigenvalue weighted by Gasteiger charge is 2.11. The largest absolute Gasteiger partial charge is 0.373 e. The zero-order valence-corrected chi connectivity index (χ0v) is 14.0. The summed E-state index contributed by atoms with van der Waals surface area (Å²) >= 11 is 0. The van der Waals surface area contributed by atoms with Crippen molar-refractivity contribution < 1.29 is 14.6 Å². The molecule has 0 aliphatic carbocycles. The number of aryl methyl sites for hydroxylation is 2. The second-order valence-corrected chi connectivity index (χ2v) is 5.84. The fraction of sp³-hybridized carbons (Fsp3) is 0.579. The van der Waals surface area contributed by atoms with Crippen molar-refractivity contribution in [2.75, 3.05) is 6.61 Å². The molecule has 0 aromatic heterocycles. The van der Waals surface area contributed by atoms with Crippen LogP contribution < -0.4 is 0 Å². The van der Waals surface area contributed by atoms with E-state index in [0.29, 0.717) is 12.2 Å². The number of carbonyl (C=O) groups is 1. The molecule has 0 spiro atoms. The van der Waals surface area contributed by atoms with Crippen LogP contribution in [0.15, 0.2) is 18.2 Å². The van der Waals surface area contributed by atoms with Gasteiger partial charge in [-0.2, -0.15) is 4.89 Å². The number of unbranched alkanes of at least 4 members (excludes halogenated alkanes) is 7. The van der Waals surface area contributed by atoms with Gasteiger partial charge in [-0.1, -0.05) is 69.6 Å². The van der Waals surface area contributed by atoms with E-state index >= 15 is 0 Å². The third-order valence-electron chi connectivity index (χ3n) is 3.71. The van der Waals surface area contributed by atoms with Crippen LogP contribution in [0.1, 0.15) is 72.9 Å². The average molecular weight is 305 g/mol. The van der Waals surface area contributed by atoms with Gasteiger partial charge in [-0.3, -0.25) is 4.89 Å². The first kappa shape index (κ1) is 18.7. The minimum atomic E-state index is -0.411. The van der Waals surface area contributed by atoms with E-state index in [1.807, 2.05) is 26.0 Å². The molecule has 0 fully saturated rings. The Morgan fingerprint density at radius 1 is 1.00 bits per heavy atom. The van der Waals surface area contributed by atoms with E-state index in [2.05, 4.69) is 6.92 Å². The molecule has 123 valence electrons. The molecule has 0 saturated heterocycles. The normalized spacial score (nSPS) is 10.7. The molecular formula is C19H29O3. The molecule has 0 unspecified atom stereocenters. The van der Waals surface area contributed by atoms with Gasteiger partial charge in [0.15, 0.2) is 0 Å². The molecule has 1 radical (unpaired) electrons. The smallest absolute Gasteiger partial charge is 0.293 e. The first-order valence-electron chi connectivity index (χ1n) is 8.35. The quantitative estimate of drug-likeness (QED) is 0.314. The van der Waals surface area contributed by atoms with Crippen LogP contribution in [0.4, 0.5) is 0 Å². The lowest BCUT2D eigenvalue weighted by Gasteiger charge is -2.06. The Labute approximate surface area is 134 Å². The van der Waals surface area contributed by atoms with Gasteiger partial charge in [-0.05, 0) is 31.9 Å². The number of benzene rings is 1. The second-order valence-electron chi connectivity index (χ2n) is 5.84. The molecule has 0 saturated carbocycles. The molecule has 0 bridgehead atoms. The highest BCUT2D eigenvalue weighted by Crippen LogP contribution is 2.12. The van der Waals surface area contributed by atoms with Crippen LogP contribution in [0, 0.1) is 20.8 Å². The van der Waals surface area contributed by atoms with Gasteiger partial charge in [0.2, 0.25) is 0 Å². The van der Waals surface area contributed by atoms with Crippen molar-refractivity contribution >= 4 is 5.97 Å². The zero-order valence-electron chi connectivity index (χ0n) is 14.0. The topological polar surface area (TPSA) is 35.5 Å². The van der Waals surface area contributed by atoms with E-state index in [1.165, 1.54) is 32.1 Å². The summed E-state index contributed by atoms with van der Waals surface area (Å²) in [6, 6.07) is 5.64. The zero-order chi connectivity index (χ0) is 16.2. The van der Waals surface area contributed by atoms with E-state index < -0.39 is 5.97 Å². The van der Waals surface area contributed by atoms with E-state index in [4.69, 9.17) is 9.78 Å². The first-order valence-corrected chi connectivity index (χ1v) is 8.35. The van der Waals surface area contributed by atoms with Crippen LogP contribution in [-0.2, 0) is 9.78 Å². The summed E-state index contributed by atoms with van der Waals surface area (Å²) in [5.41, 5.74) is 2.61. The van der Waals surface area contributed by atoms with Gasteiger partial charge in [0.25, 0.3) is 0 Å². The van der Waals surface area contributed by atoms with Crippen LogP contribution in [0.3, 0.4) is 0 Å². The van der Waals surface area contributed by atoms with Crippen molar-refractivity contribution in [2.24, 2.45) is 0 Å². The first-order chi connectivity index (χ1) is 10.6. The Morgan fingerprint density at radius 3 is 2.27 bits per heavy atom. The highest BCUT2D eigenvalue weighted by molar-refractivity contribution is 5.90. The molecule has 0 aliphatic heterocycles. The van der Waals surface area contributed by atoms with E-state index in [9.17, 15) is 4.79 Å². The molecule has 1 aromatic carbocycles. The lowest BCUT2D eigenvalue weighted by Crippen LogP contribution is -2.08. The number of hydrogen-bond acceptors (Lipinski definition) is 3. The van der Waals surface area contributed by atoms with Crippen molar-refractivity contribution in [3.8, 4) is 0 Å². The number of carbonyl (C=O) groups excluding carboxylic acids is 1. The maximum atomic E-state index is 11.9. The summed E-state index contributed by atoms with van der Waals surface area (Å²) in [6.45, 7) is 8.21. The number of hydrogen-bond donors (Lipinski definition) is 0. The molecule has 0 amide bonds. The maximum absolute atomic E-state index is 11.9. The van der Waals surface area contributed by atoms with Crippen LogP contribution >= 0.6 is 0 Å². The molecule has 0 aliphatic rings. The lowest BCUT2D eigenvalue weighted by molar-refractivity contribution is -0.241. The predicted molar refractivity (Wildman–Crippen MR) is 89.6 cm³/mol. The molecule has 0 atom stereocenters. The number of rotatable bonds is 11. The average Bonchev–Trinajstić information content (AvgIpc) is 2.49. The van der Waals surface area contributed by atoms with Crippen molar-refractivity contribution in [1.82, 2.24) is 0 Å². The highest BCUT2D eigenvalue weighted by atomic mass is 17.2. The van der Waals surface area contributed by atoms with Gasteiger partial charge in [-0.25, -0.2) is 4.79 Å². The van der Waals surface area contributed by atoms with E-state index in [-0.39, 0.29) is 0 Å². The van der Waals surface area contributed by atoms with Crippen LogP contribution in [-0.4, -0.2) is 12.6 Å². The molecule has 1 aromatic rings. The molecule has 3 heteroatoms. The van der Waals surface area contributed by atoms with Crippen molar-refractivity contribution in [2.45, 2.75) is 65.2 Å². The SMILES string of the molecule is [CH2]CCCCCCCCCOOC(=O)c1ccc(C)cc1C. The van der Waals surface area contributed by atoms with Crippen LogP contribution in [0.25, 0.3) is 0 Å². The van der Waals surface area contributed by atoms with Gasteiger partial charge >= 0.3 is 5.97 Å². The predicted octanol–water partition coefficient (Wildman–Crippen LogP) is 5.35. The monoisotopic (exact) mass is 305 g/mol. The van der Waals surface area contributed by atoms with E-state index in [1.54, 1.807) is 6.07 Å². The Morgan fingerprint density at radius 2 is 1.64 bits per heavy atom. The van der Waals surface area contributed by atoms with Crippen molar-refractivity contribution in [3.63, 3.8) is 0 Å². The Kier molecular flexibility index (Phi) is 9.56. The van der Waals surface area contributed by atoms with Gasteiger partial charge in [0, 0.05) is 0 Å². The Hall–Kier alpha value is -1.35. The summed E-state index contributed by atoms with van der Waals surface area (Å²) < 4.78 is 0. The van der Waals surface area contributed by atoms with Crippen molar-refractivity contribution in [1.29, 1.82) is 0 Å². The summed E-state index contributed by atoms with van der Waals surface area (Å²) in [6.07, 6.45) is 9.37. The van der Waals surface area contributed by atoms with Crippen LogP contribution in [0.2, 0.25) is 0 Å². The third-order valence-corrected chi connectivity index (χ3v) is 3.71. The summed E-state index contributed by atoms with van der Waals surface area (Å²) in [7, 11) is 0. The van der Waals surface area contributed by atoms with Crippen LogP contribution in [0.5, 0.6) is 0 Å². The molecule has 1 rings (SSSR count). The molecule has 22 heavy (non-hydrogen) atoms. The minimum absolute atomic E-state index is 0.411. The van der Waals surface area contributed by atoms with Gasteiger partial charge in [0.1, 0.15) is 0 Å². The van der Waals surface area contributed by atoms with Gasteiger partial charge < -0.3 is 0 Å². The van der Waals surface area contributed by atoms with Gasteiger partial charge in [-0.15, -0.1) is 0 Å². The Balaban J connectivity index is 2.06. The van der Waals surface area contributed by atoms with E-state index in [0.717, 1.165) is 30.4 Å². The Bertz CT molecular complexity index is 440. The fourth-order valence-electron chi connectivity index (χ4n) is 2.40. The molecule has 3 nitrogen and oxygen atoms in total. The van der Waals surface area contributed by atoms with Crippen molar-refractivity contribution in [3.05, 3.63) is 41.8 Å². The lowest BCUT2D eigenvalue weighted by atomic mass is 10.1. The minimum Gasteiger partial charge on any atom is -0.293 e. The third kappa shape index (κ3) is 7.60. The van der Waals surface area contributed by atoms with Gasteiger partial charge in [0.05, 0.1) is 12.2 Å². The summed E-state index contributed by atoms with van der Waals surface area (Å²) in [5.74, 6) is -0.411. The summed E-state index contributed by atoms with van der Waals surface area (Å²) in [5, 5.41) is 0. The molecule has 0 heterocycles. The molecule has 0 N–H and O–H groups in total. The summed E-state index contributed by atoms with van der Waals surface area (Å²) in [4.78, 5) is 21.7. The standard InChI is InChI=1S/C19H29O3/c1-4-5-6-7-8-9-10-11-14-21-22-19(20)18-13-12-16(2)15-17(18)3/h12-13,15H,1,4-11,14H2,2-3H3. The fourth-order valence-corrected chi connectivity index (χ4v) is 2.40. The maximum Gasteiger partial charge on any atom is 0.373 e. The molecular weight excluding hydrogens is 276 g/mol.